The molecule has 2 aliphatic rings. The van der Waals surface area contributed by atoms with Gasteiger partial charge in [0.25, 0.3) is 0 Å². The van der Waals surface area contributed by atoms with Crippen molar-refractivity contribution in [3.8, 4) is 22.3 Å². The summed E-state index contributed by atoms with van der Waals surface area (Å²) in [5.74, 6) is 0. The number of hydrogen-bond donors (Lipinski definition) is 0. The zero-order valence-corrected chi connectivity index (χ0v) is 20.5. The highest BCUT2D eigenvalue weighted by molar-refractivity contribution is 5.90. The van der Waals surface area contributed by atoms with E-state index in [1.807, 2.05) is 0 Å². The first-order valence-corrected chi connectivity index (χ1v) is 12.5. The van der Waals surface area contributed by atoms with Crippen molar-refractivity contribution in [2.75, 3.05) is 0 Å². The Kier molecular flexibility index (Phi) is 4.13. The molecule has 0 aliphatic heterocycles. The molecule has 0 bridgehead atoms. The first-order chi connectivity index (χ1) is 17.0. The average Bonchev–Trinajstić information content (AvgIpc) is 3.19. The number of rotatable bonds is 1. The summed E-state index contributed by atoms with van der Waals surface area (Å²) in [6, 6.07) is 43.3. The molecule has 0 N–H and O–H groups in total. The Labute approximate surface area is 207 Å². The molecule has 35 heavy (non-hydrogen) atoms. The van der Waals surface area contributed by atoms with Crippen molar-refractivity contribution in [3.05, 3.63) is 154 Å². The zero-order valence-electron chi connectivity index (χ0n) is 20.5. The van der Waals surface area contributed by atoms with Gasteiger partial charge in [0.05, 0.1) is 5.41 Å². The van der Waals surface area contributed by atoms with Gasteiger partial charge in [0.15, 0.2) is 0 Å². The highest BCUT2D eigenvalue weighted by atomic mass is 14.5. The topological polar surface area (TPSA) is 0 Å². The van der Waals surface area contributed by atoms with Crippen LogP contribution >= 0.6 is 0 Å². The Morgan fingerprint density at radius 1 is 0.429 bits per heavy atom. The van der Waals surface area contributed by atoms with Crippen LogP contribution in [0.25, 0.3) is 22.3 Å². The third-order valence-electron chi connectivity index (χ3n) is 8.44. The lowest BCUT2D eigenvalue weighted by atomic mass is 9.55. The van der Waals surface area contributed by atoms with Crippen LogP contribution in [0.15, 0.2) is 115 Å². The van der Waals surface area contributed by atoms with Crippen LogP contribution in [0, 0.1) is 6.92 Å². The van der Waals surface area contributed by atoms with E-state index >= 15 is 0 Å². The maximum atomic E-state index is 2.46. The summed E-state index contributed by atoms with van der Waals surface area (Å²) in [5, 5.41) is 0. The van der Waals surface area contributed by atoms with E-state index in [1.165, 1.54) is 61.2 Å². The second kappa shape index (κ2) is 7.06. The minimum absolute atomic E-state index is 0.0648. The average molecular weight is 449 g/mol. The minimum atomic E-state index is -0.324. The minimum Gasteiger partial charge on any atom is -0.0619 e. The van der Waals surface area contributed by atoms with Gasteiger partial charge in [-0.1, -0.05) is 129 Å². The Morgan fingerprint density at radius 2 is 0.914 bits per heavy atom. The van der Waals surface area contributed by atoms with Crippen molar-refractivity contribution < 1.29 is 0 Å². The molecule has 0 atom stereocenters. The van der Waals surface area contributed by atoms with Crippen LogP contribution in [0.3, 0.4) is 0 Å². The summed E-state index contributed by atoms with van der Waals surface area (Å²) >= 11 is 0. The summed E-state index contributed by atoms with van der Waals surface area (Å²) in [5.41, 5.74) is 14.6. The van der Waals surface area contributed by atoms with Gasteiger partial charge in [-0.05, 0) is 68.6 Å². The van der Waals surface area contributed by atoms with Crippen molar-refractivity contribution in [2.24, 2.45) is 0 Å². The molecule has 0 unspecified atom stereocenters. The molecule has 0 radical (unpaired) electrons. The quantitative estimate of drug-likeness (QED) is 0.236. The monoisotopic (exact) mass is 448 g/mol. The highest BCUT2D eigenvalue weighted by Crippen LogP contribution is 2.62. The van der Waals surface area contributed by atoms with Gasteiger partial charge in [0.1, 0.15) is 0 Å². The molecule has 2 aliphatic carbocycles. The fraction of sp³-hybridized carbons (Fsp3) is 0.143. The lowest BCUT2D eigenvalue weighted by molar-refractivity contribution is 0.563. The van der Waals surface area contributed by atoms with Crippen molar-refractivity contribution >= 4 is 0 Å². The number of aryl methyl sites for hydroxylation is 1. The van der Waals surface area contributed by atoms with E-state index in [1.54, 1.807) is 0 Å². The molecular formula is C35H28. The van der Waals surface area contributed by atoms with E-state index in [-0.39, 0.29) is 10.8 Å². The fourth-order valence-corrected chi connectivity index (χ4v) is 6.79. The van der Waals surface area contributed by atoms with E-state index in [9.17, 15) is 0 Å². The Balaban J connectivity index is 1.64. The lowest BCUT2D eigenvalue weighted by Gasteiger charge is -2.46. The second-order valence-electron chi connectivity index (χ2n) is 10.6. The first-order valence-electron chi connectivity index (χ1n) is 12.5. The van der Waals surface area contributed by atoms with Gasteiger partial charge in [-0.25, -0.2) is 0 Å². The van der Waals surface area contributed by atoms with E-state index < -0.39 is 0 Å². The fourth-order valence-electron chi connectivity index (χ4n) is 6.79. The Hall–Kier alpha value is -3.90. The Morgan fingerprint density at radius 3 is 1.54 bits per heavy atom. The smallest absolute Gasteiger partial charge is 0.0619 e. The van der Waals surface area contributed by atoms with Gasteiger partial charge >= 0.3 is 0 Å². The first kappa shape index (κ1) is 20.5. The predicted molar refractivity (Wildman–Crippen MR) is 146 cm³/mol. The molecule has 7 rings (SSSR count). The Bertz CT molecular complexity index is 1570. The summed E-state index contributed by atoms with van der Waals surface area (Å²) in [7, 11) is 0. The van der Waals surface area contributed by atoms with Crippen LogP contribution < -0.4 is 0 Å². The van der Waals surface area contributed by atoms with Gasteiger partial charge < -0.3 is 0 Å². The maximum Gasteiger partial charge on any atom is 0.0719 e. The van der Waals surface area contributed by atoms with Crippen LogP contribution in [-0.4, -0.2) is 0 Å². The van der Waals surface area contributed by atoms with Gasteiger partial charge in [0, 0.05) is 5.41 Å². The van der Waals surface area contributed by atoms with Crippen molar-refractivity contribution in [1.29, 1.82) is 0 Å². The van der Waals surface area contributed by atoms with Crippen molar-refractivity contribution in [2.45, 2.75) is 31.6 Å². The van der Waals surface area contributed by atoms with Gasteiger partial charge in [0.2, 0.25) is 0 Å². The molecule has 0 nitrogen and oxygen atoms in total. The molecule has 5 aromatic rings. The molecule has 168 valence electrons. The maximum absolute atomic E-state index is 2.46. The summed E-state index contributed by atoms with van der Waals surface area (Å²) < 4.78 is 0. The van der Waals surface area contributed by atoms with Crippen LogP contribution in [-0.2, 0) is 10.8 Å². The van der Waals surface area contributed by atoms with Crippen molar-refractivity contribution in [3.63, 3.8) is 0 Å². The molecule has 1 spiro atoms. The van der Waals surface area contributed by atoms with Crippen LogP contribution in [0.5, 0.6) is 0 Å². The highest BCUT2D eigenvalue weighted by Gasteiger charge is 2.53. The van der Waals surface area contributed by atoms with Crippen LogP contribution in [0.2, 0.25) is 0 Å². The standard InChI is InChI=1S/C35H28/c1-23-16-18-24(19-17-23)25-20-21-27-26-10-4-5-11-28(26)35(33(27)22-25)31-14-8-6-12-29(31)34(2,3)30-13-7-9-15-32(30)35/h4-22H,1-3H3. The van der Waals surface area contributed by atoms with E-state index in [4.69, 9.17) is 0 Å². The van der Waals surface area contributed by atoms with Gasteiger partial charge in [-0.15, -0.1) is 0 Å². The predicted octanol–water partition coefficient (Wildman–Crippen LogP) is 8.66. The number of hydrogen-bond acceptors (Lipinski definition) is 0. The summed E-state index contributed by atoms with van der Waals surface area (Å²) in [6.07, 6.45) is 0. The van der Waals surface area contributed by atoms with Crippen molar-refractivity contribution in [1.82, 2.24) is 0 Å². The molecule has 0 fully saturated rings. The largest absolute Gasteiger partial charge is 0.0719 e. The molecule has 0 aromatic heterocycles. The van der Waals surface area contributed by atoms with Crippen LogP contribution in [0.4, 0.5) is 0 Å². The lowest BCUT2D eigenvalue weighted by Crippen LogP contribution is -2.40. The normalized spacial score (nSPS) is 15.7. The second-order valence-corrected chi connectivity index (χ2v) is 10.6. The SMILES string of the molecule is Cc1ccc(-c2ccc3c(c2)C2(c4ccccc4-3)c3ccccc3C(C)(C)c3ccccc32)cc1. The molecule has 0 heterocycles. The third-order valence-corrected chi connectivity index (χ3v) is 8.44. The molecule has 0 heteroatoms. The van der Waals surface area contributed by atoms with E-state index in [2.05, 4.69) is 136 Å². The summed E-state index contributed by atoms with van der Waals surface area (Å²) in [4.78, 5) is 0. The third kappa shape index (κ3) is 2.57. The number of fused-ring (bicyclic) bond motifs is 9. The van der Waals surface area contributed by atoms with E-state index in [0.717, 1.165) is 0 Å². The van der Waals surface area contributed by atoms with Crippen LogP contribution in [0.1, 0.15) is 52.8 Å². The molecular weight excluding hydrogens is 420 g/mol. The number of benzene rings is 5. The van der Waals surface area contributed by atoms with Gasteiger partial charge in [-0.3, -0.25) is 0 Å². The van der Waals surface area contributed by atoms with E-state index in [0.29, 0.717) is 0 Å². The van der Waals surface area contributed by atoms with Gasteiger partial charge in [-0.2, -0.15) is 0 Å². The zero-order chi connectivity index (χ0) is 23.8. The molecule has 0 saturated carbocycles. The molecule has 0 saturated heterocycles. The molecule has 5 aromatic carbocycles. The summed E-state index contributed by atoms with van der Waals surface area (Å²) in [6.45, 7) is 6.90. The molecule has 0 amide bonds.